The number of nitrogens with zero attached hydrogens (tertiary/aromatic N) is 3. The number of ether oxygens (including phenoxy) is 2. The summed E-state index contributed by atoms with van der Waals surface area (Å²) in [5.74, 6) is -2.46. The molecule has 40 heavy (non-hydrogen) atoms. The van der Waals surface area contributed by atoms with Gasteiger partial charge in [-0.25, -0.2) is 14.1 Å². The lowest BCUT2D eigenvalue weighted by Gasteiger charge is -2.12. The smallest absolute Gasteiger partial charge is 0.329 e. The van der Waals surface area contributed by atoms with Crippen LogP contribution in [0.3, 0.4) is 0 Å². The number of amides is 4. The van der Waals surface area contributed by atoms with Gasteiger partial charge < -0.3 is 20.1 Å². The largest absolute Gasteiger partial charge is 0.493 e. The molecule has 1 aliphatic heterocycles. The molecule has 15 heteroatoms. The van der Waals surface area contributed by atoms with E-state index in [1.165, 1.54) is 49.6 Å². The van der Waals surface area contributed by atoms with Crippen molar-refractivity contribution in [3.05, 3.63) is 98.0 Å². The summed E-state index contributed by atoms with van der Waals surface area (Å²) in [5.41, 5.74) is -1.05. The average Bonchev–Trinajstić information content (AvgIpc) is 3.17. The van der Waals surface area contributed by atoms with Crippen LogP contribution in [0, 0.1) is 26.0 Å². The Morgan fingerprint density at radius 3 is 2.42 bits per heavy atom. The lowest BCUT2D eigenvalue weighted by Crippen LogP contribution is -2.38. The highest BCUT2D eigenvalue weighted by Crippen LogP contribution is 2.38. The van der Waals surface area contributed by atoms with Crippen LogP contribution in [0.1, 0.15) is 5.56 Å². The summed E-state index contributed by atoms with van der Waals surface area (Å²) in [6, 6.07) is 11.7. The number of hydrogen-bond donors (Lipinski definition) is 2. The lowest BCUT2D eigenvalue weighted by atomic mass is 10.1. The lowest BCUT2D eigenvalue weighted by molar-refractivity contribution is -0.394. The van der Waals surface area contributed by atoms with Crippen LogP contribution in [-0.2, 0) is 9.59 Å². The molecule has 0 spiro atoms. The van der Waals surface area contributed by atoms with Crippen LogP contribution in [0.5, 0.6) is 17.2 Å². The highest BCUT2D eigenvalue weighted by molar-refractivity contribution is 6.16. The number of imide groups is 1. The molecule has 4 rings (SSSR count). The number of nitrogens with one attached hydrogen (secondary N) is 2. The Hall–Kier alpha value is -5.86. The zero-order chi connectivity index (χ0) is 29.0. The van der Waals surface area contributed by atoms with Crippen molar-refractivity contribution in [1.29, 1.82) is 0 Å². The average molecular weight is 551 g/mol. The molecule has 0 unspecified atom stereocenters. The third-order valence-corrected chi connectivity index (χ3v) is 5.48. The number of halogens is 1. The summed E-state index contributed by atoms with van der Waals surface area (Å²) in [6.45, 7) is -0.666. The predicted molar refractivity (Wildman–Crippen MR) is 136 cm³/mol. The van der Waals surface area contributed by atoms with Crippen LogP contribution in [0.4, 0.5) is 26.2 Å². The Balaban J connectivity index is 1.51. The number of non-ortho nitro benzene ring substituents is 1. The highest BCUT2D eigenvalue weighted by Gasteiger charge is 2.35. The predicted octanol–water partition coefficient (Wildman–Crippen LogP) is 3.97. The van der Waals surface area contributed by atoms with Gasteiger partial charge in [-0.1, -0.05) is 18.2 Å². The molecule has 1 fully saturated rings. The van der Waals surface area contributed by atoms with E-state index in [0.29, 0.717) is 10.5 Å². The number of carbonyl (C=O) groups is 3. The van der Waals surface area contributed by atoms with Gasteiger partial charge in [0.15, 0.2) is 11.5 Å². The number of urea groups is 1. The van der Waals surface area contributed by atoms with Crippen LogP contribution in [-0.4, -0.2) is 46.2 Å². The van der Waals surface area contributed by atoms with Crippen molar-refractivity contribution in [3.63, 3.8) is 0 Å². The molecule has 0 aliphatic carbocycles. The molecule has 0 aromatic heterocycles. The quantitative estimate of drug-likeness (QED) is 0.172. The maximum absolute atomic E-state index is 13.8. The van der Waals surface area contributed by atoms with Crippen molar-refractivity contribution < 1.29 is 38.1 Å². The van der Waals surface area contributed by atoms with Crippen molar-refractivity contribution in [1.82, 2.24) is 10.2 Å². The number of anilines is 1. The summed E-state index contributed by atoms with van der Waals surface area (Å²) < 4.78 is 24.6. The Morgan fingerprint density at radius 1 is 1.02 bits per heavy atom. The topological polar surface area (TPSA) is 183 Å². The molecule has 14 nitrogen and oxygen atoms in total. The van der Waals surface area contributed by atoms with E-state index >= 15 is 0 Å². The first-order valence-electron chi connectivity index (χ1n) is 11.2. The first-order chi connectivity index (χ1) is 19.1. The van der Waals surface area contributed by atoms with Crippen molar-refractivity contribution in [3.8, 4) is 17.2 Å². The molecule has 1 heterocycles. The van der Waals surface area contributed by atoms with Crippen LogP contribution in [0.15, 0.2) is 66.4 Å². The van der Waals surface area contributed by atoms with E-state index in [1.807, 2.05) is 0 Å². The van der Waals surface area contributed by atoms with Crippen molar-refractivity contribution in [2.45, 2.75) is 0 Å². The number of nitro benzene ring substituents is 2. The van der Waals surface area contributed by atoms with E-state index in [2.05, 4.69) is 10.6 Å². The van der Waals surface area contributed by atoms with Gasteiger partial charge in [0, 0.05) is 6.07 Å². The Labute approximate surface area is 223 Å². The van der Waals surface area contributed by atoms with E-state index in [9.17, 15) is 39.0 Å². The number of rotatable bonds is 9. The van der Waals surface area contributed by atoms with Crippen LogP contribution < -0.4 is 20.1 Å². The van der Waals surface area contributed by atoms with Crippen molar-refractivity contribution in [2.24, 2.45) is 0 Å². The van der Waals surface area contributed by atoms with Gasteiger partial charge in [-0.15, -0.1) is 0 Å². The number of benzene rings is 3. The second-order valence-electron chi connectivity index (χ2n) is 8.09. The SMILES string of the molecule is COc1cc(/C=C2/NC(=O)N(CC(=O)Nc3ccccc3F)C2=O)ccc1Oc1ccc([N+](=O)[O-])cc1[N+](=O)[O-]. The zero-order valence-electron chi connectivity index (χ0n) is 20.5. The van der Waals surface area contributed by atoms with Gasteiger partial charge in [0.2, 0.25) is 11.7 Å². The van der Waals surface area contributed by atoms with Gasteiger partial charge in [-0.05, 0) is 42.0 Å². The maximum Gasteiger partial charge on any atom is 0.329 e. The van der Waals surface area contributed by atoms with E-state index in [0.717, 1.165) is 24.3 Å². The van der Waals surface area contributed by atoms with Gasteiger partial charge in [-0.2, -0.15) is 0 Å². The molecule has 1 saturated heterocycles. The van der Waals surface area contributed by atoms with E-state index in [4.69, 9.17) is 9.47 Å². The first kappa shape index (κ1) is 27.2. The van der Waals surface area contributed by atoms with Crippen LogP contribution in [0.2, 0.25) is 0 Å². The van der Waals surface area contributed by atoms with Gasteiger partial charge in [0.1, 0.15) is 18.1 Å². The molecule has 204 valence electrons. The fraction of sp³-hybridized carbons (Fsp3) is 0.0800. The van der Waals surface area contributed by atoms with E-state index < -0.39 is 51.4 Å². The normalized spacial score (nSPS) is 13.7. The van der Waals surface area contributed by atoms with E-state index in [1.54, 1.807) is 0 Å². The van der Waals surface area contributed by atoms with Gasteiger partial charge in [0.05, 0.1) is 28.7 Å². The number of nitro groups is 2. The molecular weight excluding hydrogens is 533 g/mol. The molecular formula is C25H18FN5O9. The molecule has 0 bridgehead atoms. The molecule has 0 radical (unpaired) electrons. The Kier molecular flexibility index (Phi) is 7.65. The number of methoxy groups -OCH3 is 1. The number of hydrogen-bond acceptors (Lipinski definition) is 9. The van der Waals surface area contributed by atoms with Crippen molar-refractivity contribution in [2.75, 3.05) is 19.0 Å². The molecule has 2 N–H and O–H groups in total. The van der Waals surface area contributed by atoms with Crippen molar-refractivity contribution >= 4 is 41.0 Å². The summed E-state index contributed by atoms with van der Waals surface area (Å²) in [7, 11) is 1.29. The second-order valence-corrected chi connectivity index (χ2v) is 8.09. The monoisotopic (exact) mass is 551 g/mol. The minimum absolute atomic E-state index is 0.0230. The minimum atomic E-state index is -0.864. The third-order valence-electron chi connectivity index (χ3n) is 5.48. The molecule has 3 aromatic rings. The second kappa shape index (κ2) is 11.3. The Bertz CT molecular complexity index is 1590. The number of carbonyl (C=O) groups excluding carboxylic acids is 3. The summed E-state index contributed by atoms with van der Waals surface area (Å²) in [6.07, 6.45) is 1.30. The zero-order valence-corrected chi connectivity index (χ0v) is 20.5. The summed E-state index contributed by atoms with van der Waals surface area (Å²) in [5, 5.41) is 27.0. The number of para-hydroxylation sites is 1. The van der Waals surface area contributed by atoms with Gasteiger partial charge >= 0.3 is 11.7 Å². The van der Waals surface area contributed by atoms with Gasteiger partial charge in [0.25, 0.3) is 11.6 Å². The van der Waals surface area contributed by atoms with Gasteiger partial charge in [-0.3, -0.25) is 29.8 Å². The van der Waals surface area contributed by atoms with Crippen LogP contribution >= 0.6 is 0 Å². The van der Waals surface area contributed by atoms with E-state index in [-0.39, 0.29) is 28.6 Å². The highest BCUT2D eigenvalue weighted by atomic mass is 19.1. The molecule has 0 saturated carbocycles. The molecule has 3 aromatic carbocycles. The van der Waals surface area contributed by atoms with Crippen LogP contribution in [0.25, 0.3) is 6.08 Å². The molecule has 1 aliphatic rings. The summed E-state index contributed by atoms with van der Waals surface area (Å²) >= 11 is 0. The summed E-state index contributed by atoms with van der Waals surface area (Å²) in [4.78, 5) is 58.8. The fourth-order valence-electron chi connectivity index (χ4n) is 3.60. The Morgan fingerprint density at radius 2 is 1.75 bits per heavy atom. The minimum Gasteiger partial charge on any atom is -0.493 e. The first-order valence-corrected chi connectivity index (χ1v) is 11.2. The third kappa shape index (κ3) is 5.83. The molecule has 0 atom stereocenters. The maximum atomic E-state index is 13.8. The fourth-order valence-corrected chi connectivity index (χ4v) is 3.60. The standard InChI is InChI=1S/C25H18FN5O9/c1-39-22-11-14(6-8-21(22)40-20-9-7-15(30(35)36)12-19(20)31(37)38)10-18-24(33)29(25(34)28-18)13-23(32)27-17-5-3-2-4-16(17)26/h2-12H,13H2,1H3,(H,27,32)(H,28,34)/b18-10+. The molecule has 4 amide bonds.